The smallest absolute Gasteiger partial charge is 0.319 e. The molecule has 1 N–H and O–H groups in total. The van der Waals surface area contributed by atoms with E-state index < -0.39 is 26.8 Å². The van der Waals surface area contributed by atoms with Crippen LogP contribution in [0.2, 0.25) is 5.02 Å². The number of hydrogen-bond donors (Lipinski definition) is 1. The van der Waals surface area contributed by atoms with Gasteiger partial charge in [0.15, 0.2) is 0 Å². The van der Waals surface area contributed by atoms with Crippen LogP contribution in [0.4, 0.5) is 13.2 Å². The van der Waals surface area contributed by atoms with Crippen molar-refractivity contribution in [3.8, 4) is 0 Å². The Morgan fingerprint density at radius 3 is 2.68 bits per heavy atom. The van der Waals surface area contributed by atoms with E-state index in [-0.39, 0.29) is 10.8 Å². The SMILES string of the molecule is CNCC1CCN(S(=O)(=O)c2ccc(Cl)c(C(F)(F)F)c2)C1. The summed E-state index contributed by atoms with van der Waals surface area (Å²) in [6.45, 7) is 1.27. The van der Waals surface area contributed by atoms with Gasteiger partial charge in [-0.1, -0.05) is 11.6 Å². The molecule has 1 aromatic rings. The van der Waals surface area contributed by atoms with Crippen LogP contribution in [-0.4, -0.2) is 39.4 Å². The Balaban J connectivity index is 2.31. The Hall–Kier alpha value is -0.830. The van der Waals surface area contributed by atoms with Gasteiger partial charge in [0.25, 0.3) is 0 Å². The average Bonchev–Trinajstić information content (AvgIpc) is 2.87. The average molecular weight is 357 g/mol. The highest BCUT2D eigenvalue weighted by molar-refractivity contribution is 7.89. The topological polar surface area (TPSA) is 49.4 Å². The predicted molar refractivity (Wildman–Crippen MR) is 77.2 cm³/mol. The fourth-order valence-corrected chi connectivity index (χ4v) is 4.28. The summed E-state index contributed by atoms with van der Waals surface area (Å²) in [5.74, 6) is 0.161. The lowest BCUT2D eigenvalue weighted by Crippen LogP contribution is -2.30. The molecule has 0 amide bonds. The Morgan fingerprint density at radius 1 is 1.41 bits per heavy atom. The number of rotatable bonds is 4. The molecule has 1 fully saturated rings. The Bertz CT molecular complexity index is 649. The summed E-state index contributed by atoms with van der Waals surface area (Å²) in [6, 6.07) is 2.68. The highest BCUT2D eigenvalue weighted by Crippen LogP contribution is 2.36. The summed E-state index contributed by atoms with van der Waals surface area (Å²) in [7, 11) is -2.17. The van der Waals surface area contributed by atoms with E-state index >= 15 is 0 Å². The standard InChI is InChI=1S/C13H16ClF3N2O2S/c1-18-7-9-4-5-19(8-9)22(20,21)10-2-3-12(14)11(6-10)13(15,16)17/h2-3,6,9,18H,4-5,7-8H2,1H3. The fraction of sp³-hybridized carbons (Fsp3) is 0.538. The van der Waals surface area contributed by atoms with Crippen molar-refractivity contribution in [1.29, 1.82) is 0 Å². The molecule has 22 heavy (non-hydrogen) atoms. The van der Waals surface area contributed by atoms with E-state index in [1.54, 1.807) is 7.05 Å². The van der Waals surface area contributed by atoms with Crippen molar-refractivity contribution in [3.63, 3.8) is 0 Å². The van der Waals surface area contributed by atoms with Crippen molar-refractivity contribution < 1.29 is 21.6 Å². The van der Waals surface area contributed by atoms with Crippen LogP contribution in [0.1, 0.15) is 12.0 Å². The van der Waals surface area contributed by atoms with Gasteiger partial charge < -0.3 is 5.32 Å². The van der Waals surface area contributed by atoms with Crippen LogP contribution in [-0.2, 0) is 16.2 Å². The maximum atomic E-state index is 12.9. The van der Waals surface area contributed by atoms with Gasteiger partial charge >= 0.3 is 6.18 Å². The molecule has 4 nitrogen and oxygen atoms in total. The minimum atomic E-state index is -4.69. The molecule has 0 aromatic heterocycles. The van der Waals surface area contributed by atoms with Gasteiger partial charge in [-0.05, 0) is 44.1 Å². The molecule has 1 aromatic carbocycles. The van der Waals surface area contributed by atoms with Gasteiger partial charge in [0.2, 0.25) is 10.0 Å². The van der Waals surface area contributed by atoms with Crippen molar-refractivity contribution in [2.75, 3.05) is 26.7 Å². The molecule has 1 atom stereocenters. The van der Waals surface area contributed by atoms with Crippen LogP contribution in [0.3, 0.4) is 0 Å². The van der Waals surface area contributed by atoms with Crippen molar-refractivity contribution >= 4 is 21.6 Å². The van der Waals surface area contributed by atoms with E-state index in [0.29, 0.717) is 32.1 Å². The zero-order valence-electron chi connectivity index (χ0n) is 11.8. The van der Waals surface area contributed by atoms with Crippen molar-refractivity contribution in [3.05, 3.63) is 28.8 Å². The first-order valence-corrected chi connectivity index (χ1v) is 8.49. The molecule has 0 saturated carbocycles. The first-order valence-electron chi connectivity index (χ1n) is 6.67. The van der Waals surface area contributed by atoms with Gasteiger partial charge in [0.1, 0.15) is 0 Å². The molecule has 124 valence electrons. The van der Waals surface area contributed by atoms with Gasteiger partial charge in [-0.3, -0.25) is 0 Å². The second-order valence-electron chi connectivity index (χ2n) is 5.21. The zero-order valence-corrected chi connectivity index (χ0v) is 13.4. The predicted octanol–water partition coefficient (Wildman–Crippen LogP) is 2.59. The number of alkyl halides is 3. The largest absolute Gasteiger partial charge is 0.417 e. The van der Waals surface area contributed by atoms with Crippen LogP contribution >= 0.6 is 11.6 Å². The number of nitrogens with zero attached hydrogens (tertiary/aromatic N) is 1. The lowest BCUT2D eigenvalue weighted by Gasteiger charge is -2.18. The number of halogens is 4. The summed E-state index contributed by atoms with van der Waals surface area (Å²) >= 11 is 5.52. The zero-order chi connectivity index (χ0) is 16.5. The van der Waals surface area contributed by atoms with Gasteiger partial charge in [0, 0.05) is 13.1 Å². The Morgan fingerprint density at radius 2 is 2.09 bits per heavy atom. The quantitative estimate of drug-likeness (QED) is 0.902. The lowest BCUT2D eigenvalue weighted by atomic mass is 10.1. The molecule has 1 unspecified atom stereocenters. The molecule has 1 saturated heterocycles. The molecule has 9 heteroatoms. The van der Waals surface area contributed by atoms with Gasteiger partial charge in [-0.15, -0.1) is 0 Å². The monoisotopic (exact) mass is 356 g/mol. The molecule has 0 bridgehead atoms. The molecule has 0 radical (unpaired) electrons. The number of benzene rings is 1. The minimum Gasteiger partial charge on any atom is -0.319 e. The normalized spacial score (nSPS) is 20.5. The maximum absolute atomic E-state index is 12.9. The van der Waals surface area contributed by atoms with Gasteiger partial charge in [-0.2, -0.15) is 17.5 Å². The van der Waals surface area contributed by atoms with Crippen molar-refractivity contribution in [2.24, 2.45) is 5.92 Å². The van der Waals surface area contributed by atoms with Crippen LogP contribution in [0.15, 0.2) is 23.1 Å². The van der Waals surface area contributed by atoms with E-state index in [2.05, 4.69) is 5.32 Å². The second kappa shape index (κ2) is 6.35. The molecule has 0 aliphatic carbocycles. The highest BCUT2D eigenvalue weighted by Gasteiger charge is 2.37. The molecule has 1 aliphatic heterocycles. The number of hydrogen-bond acceptors (Lipinski definition) is 3. The van der Waals surface area contributed by atoms with Crippen molar-refractivity contribution in [2.45, 2.75) is 17.5 Å². The van der Waals surface area contributed by atoms with Gasteiger partial charge in [-0.25, -0.2) is 8.42 Å². The van der Waals surface area contributed by atoms with E-state index in [1.807, 2.05) is 0 Å². The fourth-order valence-electron chi connectivity index (χ4n) is 2.50. The van der Waals surface area contributed by atoms with E-state index in [0.717, 1.165) is 12.1 Å². The molecular weight excluding hydrogens is 341 g/mol. The first kappa shape index (κ1) is 17.5. The van der Waals surface area contributed by atoms with E-state index in [1.165, 1.54) is 4.31 Å². The molecular formula is C13H16ClF3N2O2S. The summed E-state index contributed by atoms with van der Waals surface area (Å²) in [5.41, 5.74) is -1.14. The third-order valence-corrected chi connectivity index (χ3v) is 5.81. The second-order valence-corrected chi connectivity index (χ2v) is 7.56. The summed E-state index contributed by atoms with van der Waals surface area (Å²) in [5, 5.41) is 2.46. The third-order valence-electron chi connectivity index (χ3n) is 3.62. The van der Waals surface area contributed by atoms with E-state index in [9.17, 15) is 21.6 Å². The first-order chi connectivity index (χ1) is 10.2. The summed E-state index contributed by atoms with van der Waals surface area (Å²) in [4.78, 5) is -0.380. The molecule has 1 aliphatic rings. The lowest BCUT2D eigenvalue weighted by molar-refractivity contribution is -0.137. The minimum absolute atomic E-state index is 0.161. The van der Waals surface area contributed by atoms with Crippen LogP contribution < -0.4 is 5.32 Å². The summed E-state index contributed by atoms with van der Waals surface area (Å²) < 4.78 is 64.7. The van der Waals surface area contributed by atoms with E-state index in [4.69, 9.17) is 11.6 Å². The van der Waals surface area contributed by atoms with Crippen LogP contribution in [0, 0.1) is 5.92 Å². The van der Waals surface area contributed by atoms with Crippen LogP contribution in [0.25, 0.3) is 0 Å². The third kappa shape index (κ3) is 3.56. The number of sulfonamides is 1. The maximum Gasteiger partial charge on any atom is 0.417 e. The Labute approximate surface area is 132 Å². The molecule has 2 rings (SSSR count). The highest BCUT2D eigenvalue weighted by atomic mass is 35.5. The summed E-state index contributed by atoms with van der Waals surface area (Å²) in [6.07, 6.45) is -4.01. The van der Waals surface area contributed by atoms with Crippen LogP contribution in [0.5, 0.6) is 0 Å². The molecule has 1 heterocycles. The molecule has 0 spiro atoms. The van der Waals surface area contributed by atoms with Gasteiger partial charge in [0.05, 0.1) is 15.5 Å². The Kier molecular flexibility index (Phi) is 5.06. The van der Waals surface area contributed by atoms with Crippen molar-refractivity contribution in [1.82, 2.24) is 9.62 Å². The number of nitrogens with one attached hydrogen (secondary N) is 1.